The number of aliphatic hydroxyl groups excluding tert-OH is 5. The summed E-state index contributed by atoms with van der Waals surface area (Å²) in [5.41, 5.74) is 0. The monoisotopic (exact) mass is 462 g/mol. The van der Waals surface area contributed by atoms with E-state index in [1.54, 1.807) is 20.8 Å². The fourth-order valence-corrected chi connectivity index (χ4v) is 4.43. The van der Waals surface area contributed by atoms with E-state index in [2.05, 4.69) is 11.8 Å². The molecule has 0 saturated carbocycles. The fourth-order valence-electron chi connectivity index (χ4n) is 4.43. The van der Waals surface area contributed by atoms with Crippen LogP contribution in [0.4, 0.5) is 0 Å². The molecule has 9 heteroatoms. The number of aliphatic hydroxyl groups is 5. The van der Waals surface area contributed by atoms with Crippen LogP contribution < -0.4 is 0 Å². The molecule has 5 N–H and O–H groups in total. The second kappa shape index (κ2) is 13.8. The third-order valence-corrected chi connectivity index (χ3v) is 6.51. The zero-order chi connectivity index (χ0) is 24.5. The van der Waals surface area contributed by atoms with Gasteiger partial charge in [-0.1, -0.05) is 13.8 Å². The van der Waals surface area contributed by atoms with Crippen molar-refractivity contribution in [3.63, 3.8) is 0 Å². The van der Waals surface area contributed by atoms with Crippen LogP contribution in [0, 0.1) is 23.7 Å². The molecule has 0 aromatic heterocycles. The van der Waals surface area contributed by atoms with E-state index in [0.717, 1.165) is 0 Å². The van der Waals surface area contributed by atoms with Crippen molar-refractivity contribution in [1.29, 1.82) is 0 Å². The number of hydrogen-bond donors (Lipinski definition) is 5. The average molecular weight is 463 g/mol. The Balaban J connectivity index is 3.02. The maximum Gasteiger partial charge on any atom is 0.202 e. The first kappa shape index (κ1) is 29.2. The Kier molecular flexibility index (Phi) is 12.6. The van der Waals surface area contributed by atoms with Crippen molar-refractivity contribution in [2.24, 2.45) is 11.8 Å². The lowest BCUT2D eigenvalue weighted by Gasteiger charge is -2.52. The summed E-state index contributed by atoms with van der Waals surface area (Å²) in [4.78, 5) is 0. The molecule has 0 aromatic rings. The summed E-state index contributed by atoms with van der Waals surface area (Å²) in [5, 5.41) is 53.3. The summed E-state index contributed by atoms with van der Waals surface area (Å²) in [6.07, 6.45) is -6.02. The molecule has 188 valence electrons. The molecule has 0 radical (unpaired) electrons. The lowest BCUT2D eigenvalue weighted by Crippen LogP contribution is -2.66. The molecule has 1 fully saturated rings. The minimum absolute atomic E-state index is 0.0812. The van der Waals surface area contributed by atoms with Crippen LogP contribution in [0.15, 0.2) is 0 Å². The summed E-state index contributed by atoms with van der Waals surface area (Å²) in [5.74, 6) is 2.87. The maximum absolute atomic E-state index is 11.1. The van der Waals surface area contributed by atoms with E-state index in [1.807, 2.05) is 0 Å². The van der Waals surface area contributed by atoms with E-state index in [0.29, 0.717) is 12.8 Å². The molecule has 1 heterocycles. The van der Waals surface area contributed by atoms with Crippen LogP contribution in [0.3, 0.4) is 0 Å². The molecule has 32 heavy (non-hydrogen) atoms. The van der Waals surface area contributed by atoms with Crippen molar-refractivity contribution in [2.45, 2.75) is 95.0 Å². The van der Waals surface area contributed by atoms with Gasteiger partial charge in [0.15, 0.2) is 0 Å². The van der Waals surface area contributed by atoms with E-state index in [1.165, 1.54) is 21.3 Å². The zero-order valence-electron chi connectivity index (χ0n) is 20.1. The van der Waals surface area contributed by atoms with Gasteiger partial charge < -0.3 is 44.5 Å². The molecule has 0 aliphatic carbocycles. The molecule has 10 atom stereocenters. The Morgan fingerprint density at radius 2 is 1.72 bits per heavy atom. The van der Waals surface area contributed by atoms with Gasteiger partial charge in [-0.15, -0.1) is 11.8 Å². The minimum atomic E-state index is -1.72. The molecule has 9 nitrogen and oxygen atoms in total. The maximum atomic E-state index is 11.1. The van der Waals surface area contributed by atoms with Gasteiger partial charge in [0.05, 0.1) is 43.2 Å². The van der Waals surface area contributed by atoms with Crippen LogP contribution in [0.2, 0.25) is 0 Å². The van der Waals surface area contributed by atoms with E-state index in [9.17, 15) is 25.5 Å². The predicted molar refractivity (Wildman–Crippen MR) is 118 cm³/mol. The molecule has 0 unspecified atom stereocenters. The largest absolute Gasteiger partial charge is 0.392 e. The lowest BCUT2D eigenvalue weighted by molar-refractivity contribution is -0.371. The van der Waals surface area contributed by atoms with Crippen molar-refractivity contribution in [1.82, 2.24) is 0 Å². The average Bonchev–Trinajstić information content (AvgIpc) is 2.77. The first-order valence-electron chi connectivity index (χ1n) is 11.1. The van der Waals surface area contributed by atoms with Crippen LogP contribution in [-0.4, -0.2) is 102 Å². The Labute approximate surface area is 191 Å². The van der Waals surface area contributed by atoms with Crippen molar-refractivity contribution >= 4 is 0 Å². The molecule has 1 rings (SSSR count). The van der Waals surface area contributed by atoms with Gasteiger partial charge in [0.1, 0.15) is 6.10 Å². The highest BCUT2D eigenvalue weighted by molar-refractivity contribution is 5.00. The Morgan fingerprint density at radius 3 is 2.25 bits per heavy atom. The highest BCUT2D eigenvalue weighted by Crippen LogP contribution is 2.43. The third-order valence-electron chi connectivity index (χ3n) is 6.51. The molecule has 0 spiro atoms. The van der Waals surface area contributed by atoms with Crippen molar-refractivity contribution in [2.75, 3.05) is 27.9 Å². The van der Waals surface area contributed by atoms with Gasteiger partial charge in [-0.05, 0) is 13.3 Å². The Bertz CT molecular complexity index is 592. The molecular formula is C23H42O9. The summed E-state index contributed by atoms with van der Waals surface area (Å²) < 4.78 is 22.0. The van der Waals surface area contributed by atoms with E-state index in [-0.39, 0.29) is 25.4 Å². The molecule has 1 saturated heterocycles. The van der Waals surface area contributed by atoms with Crippen LogP contribution in [0.1, 0.15) is 46.5 Å². The molecule has 0 amide bonds. The van der Waals surface area contributed by atoms with E-state index in [4.69, 9.17) is 18.9 Å². The normalized spacial score (nSPS) is 33.0. The molecular weight excluding hydrogens is 420 g/mol. The minimum Gasteiger partial charge on any atom is -0.392 e. The summed E-state index contributed by atoms with van der Waals surface area (Å²) in [7, 11) is 4.23. The third kappa shape index (κ3) is 7.10. The van der Waals surface area contributed by atoms with Crippen molar-refractivity contribution < 1.29 is 44.5 Å². The summed E-state index contributed by atoms with van der Waals surface area (Å²) in [6, 6.07) is 0. The first-order chi connectivity index (χ1) is 15.1. The topological polar surface area (TPSA) is 138 Å². The smallest absolute Gasteiger partial charge is 0.202 e. The molecule has 1 aliphatic heterocycles. The first-order valence-corrected chi connectivity index (χ1v) is 11.1. The Hall–Kier alpha value is -0.800. The Morgan fingerprint density at radius 1 is 1.06 bits per heavy atom. The van der Waals surface area contributed by atoms with E-state index >= 15 is 0 Å². The number of ether oxygens (including phenoxy) is 4. The summed E-state index contributed by atoms with van der Waals surface area (Å²) >= 11 is 0. The number of rotatable bonds is 13. The van der Waals surface area contributed by atoms with Crippen LogP contribution >= 0.6 is 0 Å². The van der Waals surface area contributed by atoms with Gasteiger partial charge in [0.2, 0.25) is 5.79 Å². The van der Waals surface area contributed by atoms with E-state index < -0.39 is 54.4 Å². The van der Waals surface area contributed by atoms with Crippen LogP contribution in [0.5, 0.6) is 0 Å². The van der Waals surface area contributed by atoms with Gasteiger partial charge in [-0.2, -0.15) is 0 Å². The predicted octanol–water partition coefficient (Wildman–Crippen LogP) is 0.0497. The van der Waals surface area contributed by atoms with Crippen molar-refractivity contribution in [3.8, 4) is 11.8 Å². The standard InChI is InChI=1S/C23H42O9/c1-7-8-9-10-17(25)20(30-5)12-18(26)22(28)23(31-6)15(3)21(27)14(2)19(32-23)11-16(24)13-29-4/h14-22,24-28H,9-13H2,1-6H3/t14-,15+,16+,17-,18-,19+,20-,21-,22+,23+/m0/s1. The number of methoxy groups -OCH3 is 3. The van der Waals surface area contributed by atoms with Gasteiger partial charge in [-0.3, -0.25) is 0 Å². The van der Waals surface area contributed by atoms with Crippen LogP contribution in [0.25, 0.3) is 0 Å². The SMILES string of the molecule is CC#CCC[C@H](O)[C@H](C[C@H](O)[C@@H](O)[C@]1(OC)O[C@H](C[C@@H](O)COC)[C@H](C)[C@H](O)[C@H]1C)OC. The second-order valence-electron chi connectivity index (χ2n) is 8.62. The fraction of sp³-hybridized carbons (Fsp3) is 0.913. The van der Waals surface area contributed by atoms with Gasteiger partial charge in [-0.25, -0.2) is 0 Å². The van der Waals surface area contributed by atoms with Gasteiger partial charge >= 0.3 is 0 Å². The van der Waals surface area contributed by atoms with Gasteiger partial charge in [0, 0.05) is 52.4 Å². The second-order valence-corrected chi connectivity index (χ2v) is 8.62. The van der Waals surface area contributed by atoms with Gasteiger partial charge in [0.25, 0.3) is 0 Å². The quantitative estimate of drug-likeness (QED) is 0.240. The zero-order valence-corrected chi connectivity index (χ0v) is 20.1. The molecule has 1 aliphatic rings. The number of hydrogen-bond acceptors (Lipinski definition) is 9. The molecule has 0 bridgehead atoms. The molecule has 0 aromatic carbocycles. The highest BCUT2D eigenvalue weighted by Gasteiger charge is 2.57. The highest BCUT2D eigenvalue weighted by atomic mass is 16.7. The summed E-state index contributed by atoms with van der Waals surface area (Å²) in [6.45, 7) is 5.28. The lowest BCUT2D eigenvalue weighted by atomic mass is 9.76. The van der Waals surface area contributed by atoms with Crippen molar-refractivity contribution in [3.05, 3.63) is 0 Å². The van der Waals surface area contributed by atoms with Crippen LogP contribution in [-0.2, 0) is 18.9 Å².